The number of benzene rings is 2. The Morgan fingerprint density at radius 3 is 2.68 bits per heavy atom. The van der Waals surface area contributed by atoms with Crippen LogP contribution in [-0.4, -0.2) is 29.1 Å². The molecule has 0 aliphatic heterocycles. The Bertz CT molecular complexity index is 1000. The fraction of sp³-hybridized carbons (Fsp3) is 0.105. The lowest BCUT2D eigenvalue weighted by Gasteiger charge is -2.09. The normalized spacial score (nSPS) is 10.4. The molecule has 0 unspecified atom stereocenters. The lowest BCUT2D eigenvalue weighted by atomic mass is 10.1. The average molecular weight is 419 g/mol. The van der Waals surface area contributed by atoms with Crippen LogP contribution < -0.4 is 10.1 Å². The number of methoxy groups -OCH3 is 1. The summed E-state index contributed by atoms with van der Waals surface area (Å²) in [5.41, 5.74) is 0.207. The van der Waals surface area contributed by atoms with Crippen molar-refractivity contribution in [2.24, 2.45) is 0 Å². The van der Waals surface area contributed by atoms with E-state index in [0.717, 1.165) is 0 Å². The summed E-state index contributed by atoms with van der Waals surface area (Å²) in [5.74, 6) is -0.963. The van der Waals surface area contributed by atoms with Gasteiger partial charge in [-0.05, 0) is 36.4 Å². The van der Waals surface area contributed by atoms with Crippen molar-refractivity contribution in [3.8, 4) is 11.5 Å². The Morgan fingerprint density at radius 2 is 1.96 bits per heavy atom. The van der Waals surface area contributed by atoms with Gasteiger partial charge in [0.2, 0.25) is 0 Å². The third-order valence-corrected chi connectivity index (χ3v) is 4.72. The molecule has 0 atom stereocenters. The highest BCUT2D eigenvalue weighted by Gasteiger charge is 2.18. The summed E-state index contributed by atoms with van der Waals surface area (Å²) in [6.45, 7) is 0.197. The number of ether oxygens (including phenoxy) is 2. The maximum Gasteiger partial charge on any atom is 0.341 e. The number of carbonyl (C=O) groups is 2. The van der Waals surface area contributed by atoms with Crippen LogP contribution >= 0.6 is 22.9 Å². The maximum absolute atomic E-state index is 12.4. The predicted molar refractivity (Wildman–Crippen MR) is 105 cm³/mol. The molecule has 28 heavy (non-hydrogen) atoms. The molecule has 0 aliphatic carbocycles. The second-order valence-corrected chi connectivity index (χ2v) is 6.90. The van der Waals surface area contributed by atoms with Crippen LogP contribution in [0.5, 0.6) is 11.5 Å². The molecular weight excluding hydrogens is 404 g/mol. The molecule has 0 spiro atoms. The van der Waals surface area contributed by atoms with Gasteiger partial charge in [0, 0.05) is 10.4 Å². The van der Waals surface area contributed by atoms with E-state index in [1.165, 1.54) is 36.6 Å². The minimum absolute atomic E-state index is 0.0457. The Labute approximate surface area is 169 Å². The minimum atomic E-state index is -0.705. The quantitative estimate of drug-likeness (QED) is 0.461. The van der Waals surface area contributed by atoms with Crippen molar-refractivity contribution in [3.63, 3.8) is 0 Å². The van der Waals surface area contributed by atoms with E-state index in [9.17, 15) is 14.7 Å². The van der Waals surface area contributed by atoms with Crippen LogP contribution in [0.3, 0.4) is 0 Å². The fourth-order valence-electron chi connectivity index (χ4n) is 2.26. The number of nitrogens with zero attached hydrogens (tertiary/aromatic N) is 1. The maximum atomic E-state index is 12.4. The molecule has 2 N–H and O–H groups in total. The number of esters is 1. The summed E-state index contributed by atoms with van der Waals surface area (Å²) in [4.78, 5) is 28.2. The number of aromatic nitrogens is 1. The number of aromatic hydroxyl groups is 1. The Kier molecular flexibility index (Phi) is 6.13. The first-order valence-corrected chi connectivity index (χ1v) is 9.28. The number of nitrogens with one attached hydrogen (secondary N) is 1. The van der Waals surface area contributed by atoms with Gasteiger partial charge in [-0.2, -0.15) is 0 Å². The first-order valence-electron chi connectivity index (χ1n) is 8.02. The first kappa shape index (κ1) is 19.7. The molecular formula is C19H15ClN2O5S. The van der Waals surface area contributed by atoms with Crippen LogP contribution in [0.25, 0.3) is 0 Å². The standard InChI is InChI=1S/C19H15ClN2O5S/c1-26-19(25)13-3-2-4-14(17(13)23)22-18(24)15-10-28-16(21-15)9-27-12-7-5-11(20)6-8-12/h2-8,10,23H,9H2,1H3,(H,22,24). The predicted octanol–water partition coefficient (Wildman–Crippen LogP) is 4.12. The molecule has 1 amide bonds. The highest BCUT2D eigenvalue weighted by molar-refractivity contribution is 7.09. The van der Waals surface area contributed by atoms with E-state index in [-0.39, 0.29) is 29.3 Å². The molecule has 9 heteroatoms. The van der Waals surface area contributed by atoms with Crippen molar-refractivity contribution in [2.45, 2.75) is 6.61 Å². The number of phenolic OH excluding ortho intramolecular Hbond substituents is 1. The molecule has 3 aromatic rings. The number of para-hydroxylation sites is 1. The zero-order valence-electron chi connectivity index (χ0n) is 14.6. The van der Waals surface area contributed by atoms with Crippen LogP contribution in [0.4, 0.5) is 5.69 Å². The number of carbonyl (C=O) groups excluding carboxylic acids is 2. The van der Waals surface area contributed by atoms with E-state index < -0.39 is 11.9 Å². The monoisotopic (exact) mass is 418 g/mol. The molecule has 144 valence electrons. The average Bonchev–Trinajstić information content (AvgIpc) is 3.18. The zero-order chi connectivity index (χ0) is 20.1. The number of hydrogen-bond donors (Lipinski definition) is 2. The minimum Gasteiger partial charge on any atom is -0.505 e. The number of halogens is 1. The highest BCUT2D eigenvalue weighted by Crippen LogP contribution is 2.28. The largest absolute Gasteiger partial charge is 0.505 e. The molecule has 0 saturated carbocycles. The molecule has 7 nitrogen and oxygen atoms in total. The number of thiazole rings is 1. The lowest BCUT2D eigenvalue weighted by molar-refractivity contribution is 0.0597. The lowest BCUT2D eigenvalue weighted by Crippen LogP contribution is -2.13. The van der Waals surface area contributed by atoms with E-state index in [1.54, 1.807) is 29.6 Å². The summed E-state index contributed by atoms with van der Waals surface area (Å²) in [7, 11) is 1.20. The third kappa shape index (κ3) is 4.59. The summed E-state index contributed by atoms with van der Waals surface area (Å²) < 4.78 is 10.2. The smallest absolute Gasteiger partial charge is 0.341 e. The molecule has 0 bridgehead atoms. The molecule has 0 aliphatic rings. The summed E-state index contributed by atoms with van der Waals surface area (Å²) in [5, 5.41) is 15.5. The van der Waals surface area contributed by atoms with Crippen LogP contribution in [0.15, 0.2) is 47.8 Å². The number of rotatable bonds is 6. The topological polar surface area (TPSA) is 97.8 Å². The van der Waals surface area contributed by atoms with Gasteiger partial charge in [0.1, 0.15) is 28.6 Å². The van der Waals surface area contributed by atoms with Crippen molar-refractivity contribution in [3.05, 3.63) is 69.1 Å². The first-order chi connectivity index (χ1) is 13.5. The molecule has 1 heterocycles. The van der Waals surface area contributed by atoms with Gasteiger partial charge in [0.05, 0.1) is 12.8 Å². The summed E-state index contributed by atoms with van der Waals surface area (Å²) in [6, 6.07) is 11.3. The number of anilines is 1. The van der Waals surface area contributed by atoms with Crippen molar-refractivity contribution in [1.82, 2.24) is 4.98 Å². The molecule has 1 aromatic heterocycles. The second kappa shape index (κ2) is 8.73. The van der Waals surface area contributed by atoms with Gasteiger partial charge in [-0.25, -0.2) is 9.78 Å². The van der Waals surface area contributed by atoms with Crippen molar-refractivity contribution in [2.75, 3.05) is 12.4 Å². The van der Waals surface area contributed by atoms with Gasteiger partial charge in [0.15, 0.2) is 5.75 Å². The van der Waals surface area contributed by atoms with Crippen LogP contribution in [0, 0.1) is 0 Å². The summed E-state index contributed by atoms with van der Waals surface area (Å²) >= 11 is 7.09. The SMILES string of the molecule is COC(=O)c1cccc(NC(=O)c2csc(COc3ccc(Cl)cc3)n2)c1O. The van der Waals surface area contributed by atoms with E-state index in [0.29, 0.717) is 15.8 Å². The van der Waals surface area contributed by atoms with Crippen molar-refractivity contribution < 1.29 is 24.2 Å². The van der Waals surface area contributed by atoms with Gasteiger partial charge >= 0.3 is 5.97 Å². The van der Waals surface area contributed by atoms with E-state index in [4.69, 9.17) is 16.3 Å². The fourth-order valence-corrected chi connectivity index (χ4v) is 3.07. The van der Waals surface area contributed by atoms with Crippen LogP contribution in [0.1, 0.15) is 25.9 Å². The van der Waals surface area contributed by atoms with E-state index >= 15 is 0 Å². The summed E-state index contributed by atoms with van der Waals surface area (Å²) in [6.07, 6.45) is 0. The Hall–Kier alpha value is -3.10. The van der Waals surface area contributed by atoms with Crippen molar-refractivity contribution >= 4 is 40.5 Å². The van der Waals surface area contributed by atoms with Gasteiger partial charge < -0.3 is 19.9 Å². The van der Waals surface area contributed by atoms with Gasteiger partial charge in [0.25, 0.3) is 5.91 Å². The third-order valence-electron chi connectivity index (χ3n) is 3.65. The van der Waals surface area contributed by atoms with Gasteiger partial charge in [-0.1, -0.05) is 17.7 Å². The zero-order valence-corrected chi connectivity index (χ0v) is 16.2. The molecule has 2 aromatic carbocycles. The Morgan fingerprint density at radius 1 is 1.21 bits per heavy atom. The van der Waals surface area contributed by atoms with Crippen LogP contribution in [0.2, 0.25) is 5.02 Å². The number of phenols is 1. The molecule has 0 saturated heterocycles. The van der Waals surface area contributed by atoms with E-state index in [2.05, 4.69) is 15.0 Å². The number of hydrogen-bond acceptors (Lipinski definition) is 7. The second-order valence-electron chi connectivity index (χ2n) is 5.52. The van der Waals surface area contributed by atoms with Gasteiger partial charge in [-0.15, -0.1) is 11.3 Å². The van der Waals surface area contributed by atoms with Crippen molar-refractivity contribution in [1.29, 1.82) is 0 Å². The Balaban J connectivity index is 1.66. The van der Waals surface area contributed by atoms with E-state index in [1.807, 2.05) is 0 Å². The molecule has 0 fully saturated rings. The van der Waals surface area contributed by atoms with Gasteiger partial charge in [-0.3, -0.25) is 4.79 Å². The molecule has 3 rings (SSSR count). The highest BCUT2D eigenvalue weighted by atomic mass is 35.5. The number of amides is 1. The van der Waals surface area contributed by atoms with Crippen LogP contribution in [-0.2, 0) is 11.3 Å². The molecule has 0 radical (unpaired) electrons.